The second-order valence-corrected chi connectivity index (χ2v) is 4.94. The van der Waals surface area contributed by atoms with Gasteiger partial charge in [-0.25, -0.2) is 0 Å². The molecule has 4 heteroatoms. The van der Waals surface area contributed by atoms with Crippen LogP contribution >= 0.6 is 0 Å². The number of benzene rings is 1. The van der Waals surface area contributed by atoms with Gasteiger partial charge in [0.25, 0.3) is 0 Å². The summed E-state index contributed by atoms with van der Waals surface area (Å²) < 4.78 is 0. The lowest BCUT2D eigenvalue weighted by Gasteiger charge is -2.08. The van der Waals surface area contributed by atoms with Crippen LogP contribution in [0.1, 0.15) is 43.7 Å². The molecule has 1 aromatic carbocycles. The number of carbonyl (C=O) groups is 2. The Balaban J connectivity index is 2.23. The van der Waals surface area contributed by atoms with Gasteiger partial charge in [0.15, 0.2) is 0 Å². The Kier molecular flexibility index (Phi) is 7.40. The van der Waals surface area contributed by atoms with Crippen LogP contribution in [0.4, 0.5) is 0 Å². The quantitative estimate of drug-likeness (QED) is 0.565. The molecule has 0 radical (unpaired) electrons. The molecule has 1 aromatic rings. The number of rotatable bonds is 8. The Labute approximate surface area is 121 Å². The van der Waals surface area contributed by atoms with Crippen molar-refractivity contribution in [3.63, 3.8) is 0 Å². The summed E-state index contributed by atoms with van der Waals surface area (Å²) in [5.41, 5.74) is 2.21. The molecule has 2 N–H and O–H groups in total. The molecule has 0 aliphatic rings. The van der Waals surface area contributed by atoms with Crippen molar-refractivity contribution in [2.45, 2.75) is 46.1 Å². The molecule has 0 aliphatic heterocycles. The summed E-state index contributed by atoms with van der Waals surface area (Å²) >= 11 is 0. The minimum absolute atomic E-state index is 0.0992. The van der Waals surface area contributed by atoms with Gasteiger partial charge in [-0.05, 0) is 24.5 Å². The Morgan fingerprint density at radius 3 is 2.45 bits per heavy atom. The van der Waals surface area contributed by atoms with E-state index < -0.39 is 0 Å². The Bertz CT molecular complexity index is 444. The van der Waals surface area contributed by atoms with E-state index in [1.807, 2.05) is 31.2 Å². The molecule has 0 bridgehead atoms. The van der Waals surface area contributed by atoms with Gasteiger partial charge in [-0.1, -0.05) is 44.0 Å². The maximum atomic E-state index is 11.7. The van der Waals surface area contributed by atoms with Crippen molar-refractivity contribution >= 4 is 11.8 Å². The van der Waals surface area contributed by atoms with Gasteiger partial charge in [-0.2, -0.15) is 0 Å². The third-order valence-electron chi connectivity index (χ3n) is 3.16. The molecule has 0 saturated heterocycles. The minimum Gasteiger partial charge on any atom is -0.356 e. The van der Waals surface area contributed by atoms with E-state index in [-0.39, 0.29) is 18.2 Å². The Morgan fingerprint density at radius 2 is 1.75 bits per heavy atom. The summed E-state index contributed by atoms with van der Waals surface area (Å²) in [7, 11) is 0. The highest BCUT2D eigenvalue weighted by Crippen LogP contribution is 2.06. The van der Waals surface area contributed by atoms with E-state index in [4.69, 9.17) is 0 Å². The summed E-state index contributed by atoms with van der Waals surface area (Å²) in [6, 6.07) is 7.88. The van der Waals surface area contributed by atoms with Crippen LogP contribution < -0.4 is 10.6 Å². The van der Waals surface area contributed by atoms with Crippen LogP contribution in [-0.4, -0.2) is 18.4 Å². The fraction of sp³-hybridized carbons (Fsp3) is 0.500. The highest BCUT2D eigenvalue weighted by Gasteiger charge is 2.08. The summed E-state index contributed by atoms with van der Waals surface area (Å²) in [5, 5.41) is 5.53. The standard InChI is InChI=1S/C16H24N2O2/c1-3-4-7-10-17-15(19)11-16(20)18-12-14-9-6-5-8-13(14)2/h5-6,8-9H,3-4,7,10-12H2,1-2H3,(H,17,19)(H,18,20). The molecule has 0 saturated carbocycles. The Morgan fingerprint density at radius 1 is 1.05 bits per heavy atom. The van der Waals surface area contributed by atoms with Crippen LogP contribution in [-0.2, 0) is 16.1 Å². The topological polar surface area (TPSA) is 58.2 Å². The zero-order valence-corrected chi connectivity index (χ0v) is 12.4. The second kappa shape index (κ2) is 9.13. The average molecular weight is 276 g/mol. The van der Waals surface area contributed by atoms with E-state index >= 15 is 0 Å². The van der Waals surface area contributed by atoms with Crippen LogP contribution in [0, 0.1) is 6.92 Å². The zero-order chi connectivity index (χ0) is 14.8. The molecule has 0 aliphatic carbocycles. The van der Waals surface area contributed by atoms with E-state index in [1.165, 1.54) is 0 Å². The fourth-order valence-corrected chi connectivity index (χ4v) is 1.88. The molecule has 1 rings (SSSR count). The fourth-order valence-electron chi connectivity index (χ4n) is 1.88. The van der Waals surface area contributed by atoms with Crippen molar-refractivity contribution in [1.29, 1.82) is 0 Å². The van der Waals surface area contributed by atoms with Crippen molar-refractivity contribution in [1.82, 2.24) is 10.6 Å². The highest BCUT2D eigenvalue weighted by molar-refractivity contribution is 5.96. The van der Waals surface area contributed by atoms with E-state index in [2.05, 4.69) is 17.6 Å². The summed E-state index contributed by atoms with van der Waals surface area (Å²) in [6.07, 6.45) is 3.08. The predicted octanol–water partition coefficient (Wildman–Crippen LogP) is 2.31. The van der Waals surface area contributed by atoms with Crippen LogP contribution in [0.5, 0.6) is 0 Å². The average Bonchev–Trinajstić information content (AvgIpc) is 2.43. The number of amides is 2. The van der Waals surface area contributed by atoms with Gasteiger partial charge in [0, 0.05) is 13.1 Å². The lowest BCUT2D eigenvalue weighted by Crippen LogP contribution is -2.32. The third-order valence-corrected chi connectivity index (χ3v) is 3.16. The molecule has 110 valence electrons. The van der Waals surface area contributed by atoms with Crippen LogP contribution in [0.25, 0.3) is 0 Å². The molecule has 0 fully saturated rings. The zero-order valence-electron chi connectivity index (χ0n) is 12.4. The number of hydrogen-bond donors (Lipinski definition) is 2. The lowest BCUT2D eigenvalue weighted by molar-refractivity contribution is -0.129. The monoisotopic (exact) mass is 276 g/mol. The predicted molar refractivity (Wildman–Crippen MR) is 80.2 cm³/mol. The number of nitrogens with one attached hydrogen (secondary N) is 2. The van der Waals surface area contributed by atoms with E-state index in [0.29, 0.717) is 13.1 Å². The van der Waals surface area contributed by atoms with E-state index in [1.54, 1.807) is 0 Å². The molecule has 2 amide bonds. The molecule has 0 unspecified atom stereocenters. The van der Waals surface area contributed by atoms with Crippen LogP contribution in [0.3, 0.4) is 0 Å². The summed E-state index contributed by atoms with van der Waals surface area (Å²) in [4.78, 5) is 23.2. The maximum absolute atomic E-state index is 11.7. The van der Waals surface area contributed by atoms with Gasteiger partial charge in [-0.15, -0.1) is 0 Å². The van der Waals surface area contributed by atoms with Crippen LogP contribution in [0.2, 0.25) is 0 Å². The van der Waals surface area contributed by atoms with Crippen molar-refractivity contribution in [3.05, 3.63) is 35.4 Å². The number of hydrogen-bond acceptors (Lipinski definition) is 2. The first-order chi connectivity index (χ1) is 9.63. The minimum atomic E-state index is -0.235. The molecule has 0 atom stereocenters. The number of aryl methyl sites for hydroxylation is 1. The molecule has 4 nitrogen and oxygen atoms in total. The summed E-state index contributed by atoms with van der Waals surface area (Å²) in [5.74, 6) is -0.440. The molecule has 20 heavy (non-hydrogen) atoms. The lowest BCUT2D eigenvalue weighted by atomic mass is 10.1. The number of unbranched alkanes of at least 4 members (excludes halogenated alkanes) is 2. The first-order valence-corrected chi connectivity index (χ1v) is 7.21. The van der Waals surface area contributed by atoms with E-state index in [0.717, 1.165) is 30.4 Å². The van der Waals surface area contributed by atoms with Gasteiger partial charge in [-0.3, -0.25) is 9.59 Å². The summed E-state index contributed by atoms with van der Waals surface area (Å²) in [6.45, 7) is 5.23. The van der Waals surface area contributed by atoms with Crippen molar-refractivity contribution < 1.29 is 9.59 Å². The van der Waals surface area contributed by atoms with Gasteiger partial charge < -0.3 is 10.6 Å². The normalized spacial score (nSPS) is 10.1. The first kappa shape index (κ1) is 16.2. The van der Waals surface area contributed by atoms with Gasteiger partial charge in [0.05, 0.1) is 0 Å². The maximum Gasteiger partial charge on any atom is 0.229 e. The van der Waals surface area contributed by atoms with Crippen molar-refractivity contribution in [2.24, 2.45) is 0 Å². The molecular weight excluding hydrogens is 252 g/mol. The van der Waals surface area contributed by atoms with Gasteiger partial charge in [0.2, 0.25) is 11.8 Å². The Hall–Kier alpha value is -1.84. The van der Waals surface area contributed by atoms with Gasteiger partial charge in [0.1, 0.15) is 6.42 Å². The second-order valence-electron chi connectivity index (χ2n) is 4.94. The van der Waals surface area contributed by atoms with Crippen molar-refractivity contribution in [3.8, 4) is 0 Å². The first-order valence-electron chi connectivity index (χ1n) is 7.21. The number of carbonyl (C=O) groups excluding carboxylic acids is 2. The van der Waals surface area contributed by atoms with E-state index in [9.17, 15) is 9.59 Å². The molecule has 0 spiro atoms. The molecule has 0 aromatic heterocycles. The highest BCUT2D eigenvalue weighted by atomic mass is 16.2. The molecular formula is C16H24N2O2. The largest absolute Gasteiger partial charge is 0.356 e. The molecule has 0 heterocycles. The van der Waals surface area contributed by atoms with Gasteiger partial charge >= 0.3 is 0 Å². The van der Waals surface area contributed by atoms with Crippen molar-refractivity contribution in [2.75, 3.05) is 6.54 Å². The third kappa shape index (κ3) is 6.36. The SMILES string of the molecule is CCCCCNC(=O)CC(=O)NCc1ccccc1C. The van der Waals surface area contributed by atoms with Crippen LogP contribution in [0.15, 0.2) is 24.3 Å². The smallest absolute Gasteiger partial charge is 0.229 e.